The second-order valence-corrected chi connectivity index (χ2v) is 9.41. The smallest absolute Gasteiger partial charge is 0.282 e. The first-order valence-corrected chi connectivity index (χ1v) is 12.1. The van der Waals surface area contributed by atoms with Crippen LogP contribution in [0.25, 0.3) is 0 Å². The number of ether oxygens (including phenoxy) is 1. The average molecular weight is 481 g/mol. The third-order valence-corrected chi connectivity index (χ3v) is 6.63. The summed E-state index contributed by atoms with van der Waals surface area (Å²) in [6, 6.07) is 18.1. The van der Waals surface area contributed by atoms with E-state index < -0.39 is 10.0 Å². The van der Waals surface area contributed by atoms with Crippen molar-refractivity contribution in [1.29, 1.82) is 0 Å². The topological polar surface area (TPSA) is 84.8 Å². The summed E-state index contributed by atoms with van der Waals surface area (Å²) in [6.07, 6.45) is 1.46. The van der Waals surface area contributed by atoms with Crippen LogP contribution in [0, 0.1) is 6.92 Å². The number of nitrogens with zero attached hydrogens (tertiary/aromatic N) is 1. The molecular weight excluding hydrogens is 460 g/mol. The summed E-state index contributed by atoms with van der Waals surface area (Å²) in [6.45, 7) is 4.21. The van der Waals surface area contributed by atoms with Crippen LogP contribution in [-0.4, -0.2) is 26.5 Å². The molecule has 1 aliphatic carbocycles. The highest BCUT2D eigenvalue weighted by molar-refractivity contribution is 7.90. The van der Waals surface area contributed by atoms with Crippen LogP contribution in [0.2, 0.25) is 5.02 Å². The van der Waals surface area contributed by atoms with Gasteiger partial charge in [0.05, 0.1) is 22.9 Å². The van der Waals surface area contributed by atoms with Gasteiger partial charge >= 0.3 is 0 Å². The number of carbonyl (C=O) groups is 1. The van der Waals surface area contributed by atoms with Gasteiger partial charge in [-0.2, -0.15) is 12.8 Å². The second kappa shape index (κ2) is 9.21. The average Bonchev–Trinajstić information content (AvgIpc) is 2.80. The van der Waals surface area contributed by atoms with Gasteiger partial charge in [-0.3, -0.25) is 4.79 Å². The molecule has 1 aliphatic rings. The summed E-state index contributed by atoms with van der Waals surface area (Å²) in [7, 11) is -4.04. The first-order valence-electron chi connectivity index (χ1n) is 10.3. The van der Waals surface area contributed by atoms with Crippen LogP contribution in [0.5, 0.6) is 5.75 Å². The molecule has 3 aromatic rings. The molecule has 0 heterocycles. The van der Waals surface area contributed by atoms with Crippen LogP contribution in [0.15, 0.2) is 87.8 Å². The van der Waals surface area contributed by atoms with Crippen LogP contribution >= 0.6 is 11.6 Å². The van der Waals surface area contributed by atoms with Crippen LogP contribution in [0.4, 0.5) is 5.69 Å². The summed E-state index contributed by atoms with van der Waals surface area (Å²) in [4.78, 5) is 13.1. The number of hydrogen-bond acceptors (Lipinski definition) is 5. The molecular formula is C25H21ClN2O4S. The largest absolute Gasteiger partial charge is 0.494 e. The number of fused-ring (bicyclic) bond motifs is 1. The molecule has 168 valence electrons. The van der Waals surface area contributed by atoms with Gasteiger partial charge < -0.3 is 10.1 Å². The zero-order chi connectivity index (χ0) is 23.6. The molecule has 6 nitrogen and oxygen atoms in total. The van der Waals surface area contributed by atoms with Crippen LogP contribution in [0.1, 0.15) is 28.4 Å². The molecule has 8 heteroatoms. The van der Waals surface area contributed by atoms with Gasteiger partial charge in [0.1, 0.15) is 5.75 Å². The molecule has 0 unspecified atom stereocenters. The molecule has 0 spiro atoms. The first kappa shape index (κ1) is 22.8. The predicted molar refractivity (Wildman–Crippen MR) is 130 cm³/mol. The summed E-state index contributed by atoms with van der Waals surface area (Å²) >= 11 is 6.11. The van der Waals surface area contributed by atoms with E-state index in [4.69, 9.17) is 16.3 Å². The number of aryl methyl sites for hydroxylation is 1. The zero-order valence-corrected chi connectivity index (χ0v) is 19.6. The lowest BCUT2D eigenvalue weighted by Gasteiger charge is -2.19. The van der Waals surface area contributed by atoms with Gasteiger partial charge in [-0.1, -0.05) is 41.9 Å². The Labute approximate surface area is 197 Å². The monoisotopic (exact) mass is 480 g/mol. The van der Waals surface area contributed by atoms with Gasteiger partial charge in [0.25, 0.3) is 10.0 Å². The maximum atomic E-state index is 13.1. The Morgan fingerprint density at radius 1 is 1.00 bits per heavy atom. The van der Waals surface area contributed by atoms with E-state index >= 15 is 0 Å². The SMILES string of the molecule is CCOc1ccc(S(=O)(=O)/N=C2\C=C(Nc3cc(Cl)ccc3C)C(=O)c3ccccc32)cc1. The molecule has 0 aromatic heterocycles. The van der Waals surface area contributed by atoms with Gasteiger partial charge in [-0.05, 0) is 61.9 Å². The fourth-order valence-electron chi connectivity index (χ4n) is 3.43. The molecule has 0 aliphatic heterocycles. The standard InChI is InChI=1S/C25H21ClN2O4S/c1-3-32-18-10-12-19(13-11-18)33(30,31)28-23-15-24(25(29)21-7-5-4-6-20(21)23)27-22-14-17(26)9-8-16(22)2/h4-15,27H,3H2,1-2H3/b28-23+. The normalized spacial score (nSPS) is 14.6. The summed E-state index contributed by atoms with van der Waals surface area (Å²) < 4.78 is 35.5. The van der Waals surface area contributed by atoms with Crippen molar-refractivity contribution in [3.8, 4) is 5.75 Å². The Kier molecular flexibility index (Phi) is 6.35. The highest BCUT2D eigenvalue weighted by atomic mass is 35.5. The van der Waals surface area contributed by atoms with Crippen molar-refractivity contribution < 1.29 is 17.9 Å². The van der Waals surface area contributed by atoms with Crippen molar-refractivity contribution in [3.05, 3.63) is 100 Å². The van der Waals surface area contributed by atoms with E-state index in [1.807, 2.05) is 19.9 Å². The molecule has 1 N–H and O–H groups in total. The van der Waals surface area contributed by atoms with E-state index in [2.05, 4.69) is 9.71 Å². The first-order chi connectivity index (χ1) is 15.8. The summed E-state index contributed by atoms with van der Waals surface area (Å²) in [5, 5.41) is 3.61. The minimum Gasteiger partial charge on any atom is -0.494 e. The Morgan fingerprint density at radius 3 is 2.39 bits per heavy atom. The van der Waals surface area contributed by atoms with Crippen molar-refractivity contribution in [2.45, 2.75) is 18.7 Å². The van der Waals surface area contributed by atoms with Crippen molar-refractivity contribution in [2.75, 3.05) is 11.9 Å². The van der Waals surface area contributed by atoms with Crippen molar-refractivity contribution in [1.82, 2.24) is 0 Å². The number of sulfonamides is 1. The Hall–Kier alpha value is -3.42. The molecule has 0 saturated heterocycles. The van der Waals surface area contributed by atoms with Crippen LogP contribution < -0.4 is 10.1 Å². The van der Waals surface area contributed by atoms with Crippen molar-refractivity contribution >= 4 is 38.8 Å². The number of anilines is 1. The number of benzene rings is 3. The maximum absolute atomic E-state index is 13.1. The molecule has 0 amide bonds. The van der Waals surface area contributed by atoms with E-state index in [1.54, 1.807) is 48.5 Å². The highest BCUT2D eigenvalue weighted by Gasteiger charge is 2.26. The molecule has 0 fully saturated rings. The van der Waals surface area contributed by atoms with E-state index in [-0.39, 0.29) is 22.1 Å². The van der Waals surface area contributed by atoms with Crippen molar-refractivity contribution in [2.24, 2.45) is 4.40 Å². The molecule has 0 saturated carbocycles. The van der Waals surface area contributed by atoms with Crippen molar-refractivity contribution in [3.63, 3.8) is 0 Å². The minimum absolute atomic E-state index is 0.0291. The minimum atomic E-state index is -4.04. The van der Waals surface area contributed by atoms with Gasteiger partial charge in [0.15, 0.2) is 0 Å². The number of halogens is 1. The van der Waals surface area contributed by atoms with E-state index in [0.29, 0.717) is 34.2 Å². The number of hydrogen-bond donors (Lipinski definition) is 1. The Morgan fingerprint density at radius 2 is 1.70 bits per heavy atom. The van der Waals surface area contributed by atoms with Gasteiger partial charge in [-0.25, -0.2) is 0 Å². The van der Waals surface area contributed by atoms with Crippen LogP contribution in [-0.2, 0) is 10.0 Å². The lowest BCUT2D eigenvalue weighted by molar-refractivity contribution is 0.103. The zero-order valence-electron chi connectivity index (χ0n) is 18.0. The summed E-state index contributed by atoms with van der Waals surface area (Å²) in [5.74, 6) is 0.309. The predicted octanol–water partition coefficient (Wildman–Crippen LogP) is 5.42. The fraction of sp³-hybridized carbons (Fsp3) is 0.120. The fourth-order valence-corrected chi connectivity index (χ4v) is 4.60. The molecule has 4 rings (SSSR count). The van der Waals surface area contributed by atoms with Crippen LogP contribution in [0.3, 0.4) is 0 Å². The van der Waals surface area contributed by atoms with E-state index in [9.17, 15) is 13.2 Å². The number of carbonyl (C=O) groups excluding carboxylic acids is 1. The number of nitrogens with one attached hydrogen (secondary N) is 1. The third kappa shape index (κ3) is 4.84. The molecule has 0 radical (unpaired) electrons. The highest BCUT2D eigenvalue weighted by Crippen LogP contribution is 2.28. The number of rotatable bonds is 6. The lowest BCUT2D eigenvalue weighted by atomic mass is 9.92. The van der Waals surface area contributed by atoms with Gasteiger partial charge in [-0.15, -0.1) is 0 Å². The molecule has 0 bridgehead atoms. The molecule has 3 aromatic carbocycles. The Balaban J connectivity index is 1.78. The molecule has 33 heavy (non-hydrogen) atoms. The molecule has 0 atom stereocenters. The third-order valence-electron chi connectivity index (χ3n) is 5.09. The maximum Gasteiger partial charge on any atom is 0.282 e. The number of ketones is 1. The van der Waals surface area contributed by atoms with Gasteiger partial charge in [0, 0.05) is 21.8 Å². The van der Waals surface area contributed by atoms with E-state index in [0.717, 1.165) is 5.56 Å². The summed E-state index contributed by atoms with van der Waals surface area (Å²) in [5.41, 5.74) is 2.72. The number of allylic oxidation sites excluding steroid dienone is 2. The Bertz CT molecular complexity index is 1390. The quantitative estimate of drug-likeness (QED) is 0.509. The second-order valence-electron chi connectivity index (χ2n) is 7.37. The lowest BCUT2D eigenvalue weighted by Crippen LogP contribution is -2.23. The number of Topliss-reactive ketones (excluding diaryl/α,β-unsaturated/α-hetero) is 1. The van der Waals surface area contributed by atoms with E-state index in [1.165, 1.54) is 18.2 Å². The van der Waals surface area contributed by atoms with Gasteiger partial charge in [0.2, 0.25) is 5.78 Å².